The van der Waals surface area contributed by atoms with E-state index in [1.54, 1.807) is 11.3 Å². The molecule has 5 rings (SSSR count). The lowest BCUT2D eigenvalue weighted by atomic mass is 9.99. The Bertz CT molecular complexity index is 1210. The molecule has 0 amide bonds. The summed E-state index contributed by atoms with van der Waals surface area (Å²) in [5, 5.41) is 22.5. The van der Waals surface area contributed by atoms with Crippen LogP contribution in [0, 0.1) is 20.8 Å². The summed E-state index contributed by atoms with van der Waals surface area (Å²) >= 11 is 1.68. The Balaban J connectivity index is 0.00000259. The minimum atomic E-state index is -0.905. The van der Waals surface area contributed by atoms with Crippen LogP contribution in [0.1, 0.15) is 45.7 Å². The molecule has 2 aliphatic heterocycles. The Kier molecular flexibility index (Phi) is 6.56. The Morgan fingerprint density at radius 1 is 1.15 bits per heavy atom. The zero-order valence-corrected chi connectivity index (χ0v) is 20.5. The van der Waals surface area contributed by atoms with Crippen molar-refractivity contribution >= 4 is 41.1 Å². The van der Waals surface area contributed by atoms with Gasteiger partial charge in [0.1, 0.15) is 16.9 Å². The number of fused-ring (bicyclic) bond motifs is 3. The van der Waals surface area contributed by atoms with Gasteiger partial charge in [0.25, 0.3) is 0 Å². The lowest BCUT2D eigenvalue weighted by molar-refractivity contribution is -0.137. The number of carboxylic acids is 1. The van der Waals surface area contributed by atoms with Crippen LogP contribution in [0.5, 0.6) is 0 Å². The summed E-state index contributed by atoms with van der Waals surface area (Å²) in [7, 11) is 0. The van der Waals surface area contributed by atoms with Gasteiger partial charge in [0.05, 0.1) is 12.1 Å². The molecule has 2 aromatic heterocycles. The van der Waals surface area contributed by atoms with Gasteiger partial charge in [0.2, 0.25) is 0 Å². The molecule has 1 atom stereocenters. The van der Waals surface area contributed by atoms with E-state index in [9.17, 15) is 9.90 Å². The molecular weight excluding hydrogens is 460 g/mol. The highest BCUT2D eigenvalue weighted by molar-refractivity contribution is 7.15. The summed E-state index contributed by atoms with van der Waals surface area (Å²) in [5.41, 5.74) is 5.20. The van der Waals surface area contributed by atoms with Crippen LogP contribution in [0.4, 0.5) is 5.69 Å². The first-order valence-electron chi connectivity index (χ1n) is 10.8. The van der Waals surface area contributed by atoms with Gasteiger partial charge in [0, 0.05) is 47.9 Å². The summed E-state index contributed by atoms with van der Waals surface area (Å²) in [5.74, 6) is 0.417. The highest BCUT2D eigenvalue weighted by atomic mass is 35.5. The van der Waals surface area contributed by atoms with Gasteiger partial charge in [-0.25, -0.2) is 0 Å². The van der Waals surface area contributed by atoms with Crippen LogP contribution in [-0.4, -0.2) is 57.7 Å². The molecule has 0 saturated carbocycles. The minimum Gasteiger partial charge on any atom is -0.481 e. The lowest BCUT2D eigenvalue weighted by Crippen LogP contribution is -2.43. The van der Waals surface area contributed by atoms with Crippen molar-refractivity contribution in [3.05, 3.63) is 57.5 Å². The van der Waals surface area contributed by atoms with E-state index in [1.165, 1.54) is 10.6 Å². The maximum atomic E-state index is 11.7. The first kappa shape index (κ1) is 23.4. The maximum Gasteiger partial charge on any atom is 0.306 e. The molecular formula is C23H27ClN6O2S. The number of nitrogens with zero attached hydrogens (tertiary/aromatic N) is 5. The number of nitrogens with one attached hydrogen (secondary N) is 1. The second-order valence-electron chi connectivity index (χ2n) is 8.28. The fourth-order valence-corrected chi connectivity index (χ4v) is 5.66. The highest BCUT2D eigenvalue weighted by Crippen LogP contribution is 2.39. The Labute approximate surface area is 202 Å². The molecule has 0 bridgehead atoms. The van der Waals surface area contributed by atoms with Gasteiger partial charge < -0.3 is 15.3 Å². The van der Waals surface area contributed by atoms with E-state index in [2.05, 4.69) is 58.5 Å². The number of aromatic nitrogens is 3. The molecule has 0 radical (unpaired) electrons. The van der Waals surface area contributed by atoms with Crippen molar-refractivity contribution < 1.29 is 9.90 Å². The lowest BCUT2D eigenvalue weighted by Gasteiger charge is -2.29. The topological polar surface area (TPSA) is 95.6 Å². The van der Waals surface area contributed by atoms with Crippen LogP contribution < -0.4 is 10.2 Å². The SMILES string of the molecule is Cc1sc2c(c1C)C(c1ccc(N3CCNCC3)cc1)=N[C@@H](CC(=O)O)c1nnc(C)n1-2.Cl. The Morgan fingerprint density at radius 3 is 2.52 bits per heavy atom. The van der Waals surface area contributed by atoms with Crippen molar-refractivity contribution in [2.45, 2.75) is 33.2 Å². The molecule has 1 saturated heterocycles. The van der Waals surface area contributed by atoms with Gasteiger partial charge in [-0.05, 0) is 38.5 Å². The van der Waals surface area contributed by atoms with E-state index >= 15 is 0 Å². The second-order valence-corrected chi connectivity index (χ2v) is 9.48. The minimum absolute atomic E-state index is 0. The summed E-state index contributed by atoms with van der Waals surface area (Å²) in [6.45, 7) is 10.1. The molecule has 8 nitrogen and oxygen atoms in total. The van der Waals surface area contributed by atoms with Crippen molar-refractivity contribution in [1.82, 2.24) is 20.1 Å². The summed E-state index contributed by atoms with van der Waals surface area (Å²) in [4.78, 5) is 20.2. The maximum absolute atomic E-state index is 11.7. The zero-order chi connectivity index (χ0) is 22.4. The smallest absolute Gasteiger partial charge is 0.306 e. The van der Waals surface area contributed by atoms with Crippen LogP contribution in [0.2, 0.25) is 0 Å². The molecule has 2 N–H and O–H groups in total. The fraction of sp³-hybridized carbons (Fsp3) is 0.391. The van der Waals surface area contributed by atoms with Crippen LogP contribution in [0.3, 0.4) is 0 Å². The quantitative estimate of drug-likeness (QED) is 0.586. The molecule has 33 heavy (non-hydrogen) atoms. The number of rotatable bonds is 4. The van der Waals surface area contributed by atoms with Crippen molar-refractivity contribution in [3.8, 4) is 5.00 Å². The third-order valence-electron chi connectivity index (χ3n) is 6.23. The number of aliphatic imine (C=N–C) groups is 1. The normalized spacial score (nSPS) is 17.5. The number of carbonyl (C=O) groups is 1. The number of halogens is 1. The molecule has 3 aromatic rings. The molecule has 1 aromatic carbocycles. The molecule has 0 aliphatic carbocycles. The monoisotopic (exact) mass is 486 g/mol. The summed E-state index contributed by atoms with van der Waals surface area (Å²) in [6, 6.07) is 7.88. The number of thiophene rings is 1. The van der Waals surface area contributed by atoms with Crippen LogP contribution in [0.15, 0.2) is 29.3 Å². The molecule has 0 spiro atoms. The molecule has 1 fully saturated rings. The highest BCUT2D eigenvalue weighted by Gasteiger charge is 2.32. The molecule has 174 valence electrons. The van der Waals surface area contributed by atoms with Crippen molar-refractivity contribution in [1.29, 1.82) is 0 Å². The van der Waals surface area contributed by atoms with Gasteiger partial charge in [-0.15, -0.1) is 33.9 Å². The Hall–Kier alpha value is -2.75. The first-order chi connectivity index (χ1) is 15.4. The van der Waals surface area contributed by atoms with Gasteiger partial charge >= 0.3 is 5.97 Å². The number of carboxylic acid groups (broad SMARTS) is 1. The van der Waals surface area contributed by atoms with E-state index in [1.807, 2.05) is 11.5 Å². The van der Waals surface area contributed by atoms with Crippen LogP contribution in [0.25, 0.3) is 5.00 Å². The Morgan fingerprint density at radius 2 is 1.85 bits per heavy atom. The second kappa shape index (κ2) is 9.24. The number of anilines is 1. The standard InChI is InChI=1S/C23H26N6O2S.ClH/c1-13-14(2)32-23-20(13)21(16-4-6-17(7-5-16)28-10-8-24-9-11-28)25-18(12-19(30)31)22-27-26-15(3)29(22)23;/h4-7,18,24H,8-12H2,1-3H3,(H,30,31);1H/t18-;/m0./s1. The number of benzene rings is 1. The van der Waals surface area contributed by atoms with Gasteiger partial charge in [-0.1, -0.05) is 12.1 Å². The largest absolute Gasteiger partial charge is 0.481 e. The zero-order valence-electron chi connectivity index (χ0n) is 18.8. The fourth-order valence-electron chi connectivity index (χ4n) is 4.44. The van der Waals surface area contributed by atoms with E-state index in [0.29, 0.717) is 5.82 Å². The van der Waals surface area contributed by atoms with Gasteiger partial charge in [0.15, 0.2) is 5.82 Å². The van der Waals surface area contributed by atoms with Gasteiger partial charge in [-0.2, -0.15) is 0 Å². The van der Waals surface area contributed by atoms with Crippen LogP contribution >= 0.6 is 23.7 Å². The van der Waals surface area contributed by atoms with Gasteiger partial charge in [-0.3, -0.25) is 14.4 Å². The molecule has 10 heteroatoms. The number of aliphatic carboxylic acids is 1. The number of hydrogen-bond acceptors (Lipinski definition) is 7. The summed E-state index contributed by atoms with van der Waals surface area (Å²) in [6.07, 6.45) is -0.131. The van der Waals surface area contributed by atoms with E-state index < -0.39 is 12.0 Å². The third kappa shape index (κ3) is 4.16. The van der Waals surface area contributed by atoms with Crippen molar-refractivity contribution in [2.75, 3.05) is 31.1 Å². The van der Waals surface area contributed by atoms with Crippen LogP contribution in [-0.2, 0) is 4.79 Å². The molecule has 0 unspecified atom stereocenters. The average Bonchev–Trinajstić information content (AvgIpc) is 3.26. The van der Waals surface area contributed by atoms with E-state index in [0.717, 1.165) is 59.4 Å². The predicted octanol–water partition coefficient (Wildman–Crippen LogP) is 3.45. The first-order valence-corrected chi connectivity index (χ1v) is 11.6. The van der Waals surface area contributed by atoms with E-state index in [4.69, 9.17) is 4.99 Å². The number of piperazine rings is 1. The number of aryl methyl sites for hydroxylation is 2. The van der Waals surface area contributed by atoms with Crippen molar-refractivity contribution in [3.63, 3.8) is 0 Å². The molecule has 4 heterocycles. The average molecular weight is 487 g/mol. The van der Waals surface area contributed by atoms with Crippen molar-refractivity contribution in [2.24, 2.45) is 4.99 Å². The molecule has 2 aliphatic rings. The third-order valence-corrected chi connectivity index (χ3v) is 7.42. The predicted molar refractivity (Wildman–Crippen MR) is 133 cm³/mol. The summed E-state index contributed by atoms with van der Waals surface area (Å²) < 4.78 is 1.99. The number of hydrogen-bond donors (Lipinski definition) is 2. The van der Waals surface area contributed by atoms with E-state index in [-0.39, 0.29) is 18.8 Å².